The summed E-state index contributed by atoms with van der Waals surface area (Å²) >= 11 is 3.23. The largest absolute Gasteiger partial charge is 0.456 e. The van der Waals surface area contributed by atoms with Crippen molar-refractivity contribution < 1.29 is 14.1 Å². The molecule has 0 aromatic heterocycles. The van der Waals surface area contributed by atoms with Gasteiger partial charge in [0.15, 0.2) is 0 Å². The predicted octanol–water partition coefficient (Wildman–Crippen LogP) is 4.91. The Bertz CT molecular complexity index is 665. The van der Waals surface area contributed by atoms with E-state index in [4.69, 9.17) is 4.74 Å². The van der Waals surface area contributed by atoms with Crippen molar-refractivity contribution in [2.45, 2.75) is 13.8 Å². The van der Waals surface area contributed by atoms with Crippen LogP contribution in [0.2, 0.25) is 0 Å². The van der Waals surface area contributed by atoms with Crippen molar-refractivity contribution in [3.05, 3.63) is 61.9 Å². The van der Waals surface area contributed by atoms with Gasteiger partial charge >= 0.3 is 0 Å². The molecule has 0 aliphatic carbocycles. The van der Waals surface area contributed by atoms with Crippen LogP contribution in [-0.4, -0.2) is 4.92 Å². The zero-order valence-electron chi connectivity index (χ0n) is 10.8. The summed E-state index contributed by atoms with van der Waals surface area (Å²) in [5.41, 5.74) is 1.29. The summed E-state index contributed by atoms with van der Waals surface area (Å²) in [5.74, 6) is 0.657. The standard InChI is InChI=1S/C14H11BrFNO3/c1-8-5-10(16)6-9(2)14(8)20-13-4-3-11(17(18)19)7-12(13)15/h3-7H,1-2H3. The van der Waals surface area contributed by atoms with E-state index in [1.807, 2.05) is 0 Å². The third kappa shape index (κ3) is 2.96. The van der Waals surface area contributed by atoms with Crippen LogP contribution in [0.1, 0.15) is 11.1 Å². The smallest absolute Gasteiger partial charge is 0.270 e. The van der Waals surface area contributed by atoms with Crippen LogP contribution in [0.25, 0.3) is 0 Å². The van der Waals surface area contributed by atoms with Gasteiger partial charge in [0.2, 0.25) is 0 Å². The van der Waals surface area contributed by atoms with Gasteiger partial charge in [-0.25, -0.2) is 4.39 Å². The minimum Gasteiger partial charge on any atom is -0.456 e. The average Bonchev–Trinajstić information content (AvgIpc) is 2.34. The molecule has 0 radical (unpaired) electrons. The molecule has 2 aromatic rings. The first-order valence-corrected chi connectivity index (χ1v) is 6.56. The Morgan fingerprint density at radius 3 is 2.30 bits per heavy atom. The molecule has 20 heavy (non-hydrogen) atoms. The normalized spacial score (nSPS) is 10.4. The van der Waals surface area contributed by atoms with Crippen LogP contribution in [0.4, 0.5) is 10.1 Å². The maximum absolute atomic E-state index is 13.2. The molecule has 4 nitrogen and oxygen atoms in total. The van der Waals surface area contributed by atoms with Crippen LogP contribution in [0, 0.1) is 29.8 Å². The highest BCUT2D eigenvalue weighted by Gasteiger charge is 2.13. The number of halogens is 2. The Hall–Kier alpha value is -1.95. The average molecular weight is 340 g/mol. The first kappa shape index (κ1) is 14.5. The molecule has 2 rings (SSSR count). The van der Waals surface area contributed by atoms with E-state index in [1.54, 1.807) is 13.8 Å². The molecule has 2 aromatic carbocycles. The number of non-ortho nitro benzene ring substituents is 1. The maximum Gasteiger partial charge on any atom is 0.270 e. The molecule has 0 aliphatic heterocycles. The van der Waals surface area contributed by atoms with Crippen molar-refractivity contribution >= 4 is 21.6 Å². The van der Waals surface area contributed by atoms with E-state index in [-0.39, 0.29) is 11.5 Å². The van der Waals surface area contributed by atoms with Crippen molar-refractivity contribution in [2.75, 3.05) is 0 Å². The Morgan fingerprint density at radius 2 is 1.80 bits per heavy atom. The van der Waals surface area contributed by atoms with E-state index in [9.17, 15) is 14.5 Å². The van der Waals surface area contributed by atoms with Crippen LogP contribution >= 0.6 is 15.9 Å². The summed E-state index contributed by atoms with van der Waals surface area (Å²) in [6, 6.07) is 6.98. The van der Waals surface area contributed by atoms with Gasteiger partial charge in [-0.1, -0.05) is 0 Å². The summed E-state index contributed by atoms with van der Waals surface area (Å²) in [6.07, 6.45) is 0. The summed E-state index contributed by atoms with van der Waals surface area (Å²) < 4.78 is 19.4. The van der Waals surface area contributed by atoms with Crippen molar-refractivity contribution in [1.29, 1.82) is 0 Å². The number of nitro benzene ring substituents is 1. The van der Waals surface area contributed by atoms with Gasteiger partial charge in [0, 0.05) is 12.1 Å². The lowest BCUT2D eigenvalue weighted by Crippen LogP contribution is -1.94. The van der Waals surface area contributed by atoms with Crippen LogP contribution < -0.4 is 4.74 Å². The van der Waals surface area contributed by atoms with E-state index >= 15 is 0 Å². The summed E-state index contributed by atoms with van der Waals surface area (Å²) in [6.45, 7) is 3.48. The second-order valence-corrected chi connectivity index (χ2v) is 5.20. The number of aryl methyl sites for hydroxylation is 2. The van der Waals surface area contributed by atoms with E-state index in [2.05, 4.69) is 15.9 Å². The number of ether oxygens (including phenoxy) is 1. The molecule has 104 valence electrons. The minimum absolute atomic E-state index is 0.0308. The molecular weight excluding hydrogens is 329 g/mol. The zero-order valence-corrected chi connectivity index (χ0v) is 12.4. The van der Waals surface area contributed by atoms with Gasteiger partial charge in [0.05, 0.1) is 9.40 Å². The summed E-state index contributed by atoms with van der Waals surface area (Å²) in [7, 11) is 0. The third-order valence-electron chi connectivity index (χ3n) is 2.76. The zero-order chi connectivity index (χ0) is 14.9. The first-order valence-electron chi connectivity index (χ1n) is 5.77. The Kier molecular flexibility index (Phi) is 4.04. The Labute approximate surface area is 123 Å². The van der Waals surface area contributed by atoms with Crippen LogP contribution in [0.3, 0.4) is 0 Å². The van der Waals surface area contributed by atoms with Gasteiger partial charge < -0.3 is 4.74 Å². The molecule has 0 spiro atoms. The van der Waals surface area contributed by atoms with Gasteiger partial charge in [0.25, 0.3) is 5.69 Å². The molecule has 0 saturated heterocycles. The minimum atomic E-state index is -0.483. The topological polar surface area (TPSA) is 52.4 Å². The van der Waals surface area contributed by atoms with Gasteiger partial charge in [-0.3, -0.25) is 10.1 Å². The lowest BCUT2D eigenvalue weighted by Gasteiger charge is -2.13. The molecule has 0 bridgehead atoms. The molecule has 0 aliphatic rings. The Morgan fingerprint density at radius 1 is 1.20 bits per heavy atom. The van der Waals surface area contributed by atoms with E-state index in [1.165, 1.54) is 30.3 Å². The Balaban J connectivity index is 2.38. The fourth-order valence-corrected chi connectivity index (χ4v) is 2.30. The first-order chi connectivity index (χ1) is 9.38. The van der Waals surface area contributed by atoms with Crippen molar-refractivity contribution in [3.8, 4) is 11.5 Å². The maximum atomic E-state index is 13.2. The number of hydrogen-bond acceptors (Lipinski definition) is 3. The van der Waals surface area contributed by atoms with Crippen molar-refractivity contribution in [3.63, 3.8) is 0 Å². The number of rotatable bonds is 3. The number of benzene rings is 2. The quantitative estimate of drug-likeness (QED) is 0.589. The highest BCUT2D eigenvalue weighted by molar-refractivity contribution is 9.10. The lowest BCUT2D eigenvalue weighted by molar-refractivity contribution is -0.384. The summed E-state index contributed by atoms with van der Waals surface area (Å²) in [4.78, 5) is 10.2. The van der Waals surface area contributed by atoms with Crippen molar-refractivity contribution in [2.24, 2.45) is 0 Å². The SMILES string of the molecule is Cc1cc(F)cc(C)c1Oc1ccc([N+](=O)[O-])cc1Br. The second-order valence-electron chi connectivity index (χ2n) is 4.34. The van der Waals surface area contributed by atoms with E-state index in [0.717, 1.165) is 0 Å². The van der Waals surface area contributed by atoms with Gasteiger partial charge in [0.1, 0.15) is 17.3 Å². The number of nitro groups is 1. The van der Waals surface area contributed by atoms with Gasteiger partial charge in [-0.05, 0) is 59.1 Å². The van der Waals surface area contributed by atoms with Crippen LogP contribution in [0.5, 0.6) is 11.5 Å². The summed E-state index contributed by atoms with van der Waals surface area (Å²) in [5, 5.41) is 10.7. The molecule has 0 N–H and O–H groups in total. The lowest BCUT2D eigenvalue weighted by atomic mass is 10.1. The monoisotopic (exact) mass is 339 g/mol. The highest BCUT2D eigenvalue weighted by atomic mass is 79.9. The van der Waals surface area contributed by atoms with Crippen LogP contribution in [0.15, 0.2) is 34.8 Å². The molecule has 0 amide bonds. The van der Waals surface area contributed by atoms with Gasteiger partial charge in [-0.15, -0.1) is 0 Å². The fraction of sp³-hybridized carbons (Fsp3) is 0.143. The van der Waals surface area contributed by atoms with Crippen LogP contribution in [-0.2, 0) is 0 Å². The third-order valence-corrected chi connectivity index (χ3v) is 3.38. The van der Waals surface area contributed by atoms with E-state index in [0.29, 0.717) is 27.1 Å². The highest BCUT2D eigenvalue weighted by Crippen LogP contribution is 2.35. The van der Waals surface area contributed by atoms with E-state index < -0.39 is 4.92 Å². The fourth-order valence-electron chi connectivity index (χ4n) is 1.85. The molecule has 0 fully saturated rings. The molecule has 0 atom stereocenters. The second kappa shape index (κ2) is 5.58. The molecule has 0 unspecified atom stereocenters. The van der Waals surface area contributed by atoms with Crippen molar-refractivity contribution in [1.82, 2.24) is 0 Å². The molecule has 0 heterocycles. The number of hydrogen-bond donors (Lipinski definition) is 0. The molecule has 6 heteroatoms. The predicted molar refractivity (Wildman–Crippen MR) is 76.7 cm³/mol. The number of nitrogens with zero attached hydrogens (tertiary/aromatic N) is 1. The van der Waals surface area contributed by atoms with Gasteiger partial charge in [-0.2, -0.15) is 0 Å². The molecule has 0 saturated carbocycles. The molecular formula is C14H11BrFNO3.